The lowest BCUT2D eigenvalue weighted by molar-refractivity contribution is 0.0746. The molecule has 2 aliphatic heterocycles. The van der Waals surface area contributed by atoms with Crippen molar-refractivity contribution in [3.8, 4) is 0 Å². The lowest BCUT2D eigenvalue weighted by Crippen LogP contribution is -2.49. The minimum absolute atomic E-state index is 0.0437. The van der Waals surface area contributed by atoms with Crippen molar-refractivity contribution in [1.82, 2.24) is 14.9 Å². The van der Waals surface area contributed by atoms with Gasteiger partial charge in [0.05, 0.1) is 16.9 Å². The van der Waals surface area contributed by atoms with Crippen LogP contribution < -0.4 is 15.4 Å². The lowest BCUT2D eigenvalue weighted by atomic mass is 10.0. The average Bonchev–Trinajstić information content (AvgIpc) is 3.43. The normalized spacial score (nSPS) is 18.1. The highest BCUT2D eigenvalue weighted by Gasteiger charge is 2.27. The van der Waals surface area contributed by atoms with E-state index in [0.717, 1.165) is 18.7 Å². The molecule has 2 saturated heterocycles. The zero-order chi connectivity index (χ0) is 24.5. The molecule has 3 aromatic carbocycles. The summed E-state index contributed by atoms with van der Waals surface area (Å²) in [6.45, 7) is 3.44. The number of carbonyl (C=O) groups is 1. The number of hydrogen-bond acceptors (Lipinski definition) is 5. The quantitative estimate of drug-likeness (QED) is 0.474. The Morgan fingerprint density at radius 3 is 2.33 bits per heavy atom. The molecule has 36 heavy (non-hydrogen) atoms. The van der Waals surface area contributed by atoms with Gasteiger partial charge in [-0.1, -0.05) is 42.5 Å². The molecule has 6 rings (SSSR count). The average molecular weight is 480 g/mol. The minimum atomic E-state index is -0.137. The van der Waals surface area contributed by atoms with E-state index < -0.39 is 0 Å². The maximum atomic E-state index is 13.2. The van der Waals surface area contributed by atoms with Crippen molar-refractivity contribution in [3.63, 3.8) is 0 Å². The number of para-hydroxylation sites is 1. The largest absolute Gasteiger partial charge is 0.364 e. The zero-order valence-electron chi connectivity index (χ0n) is 20.1. The first-order valence-electron chi connectivity index (χ1n) is 12.6. The standard InChI is InChI=1S/C29H29N5O2/c35-27-24-9-4-5-10-25(24)30-29(31-27)33-19-17-32(18-20-33)28(36)22-12-14-23(15-13-22)34-16-6-11-26(34)21-7-2-1-3-8-21/h1-5,7-10,12-15,26H,6,11,16-20H2,(H,30,31,35)/t26-/m1/s1. The molecule has 0 aliphatic carbocycles. The molecule has 7 heteroatoms. The Bertz CT molecular complexity index is 1430. The third-order valence-electron chi connectivity index (χ3n) is 7.35. The van der Waals surface area contributed by atoms with Crippen molar-refractivity contribution >= 4 is 28.4 Å². The van der Waals surface area contributed by atoms with E-state index in [1.165, 1.54) is 12.0 Å². The number of H-pyrrole nitrogens is 1. The molecule has 182 valence electrons. The molecule has 2 fully saturated rings. The van der Waals surface area contributed by atoms with Gasteiger partial charge >= 0.3 is 0 Å². The van der Waals surface area contributed by atoms with Gasteiger partial charge in [-0.15, -0.1) is 0 Å². The fourth-order valence-corrected chi connectivity index (χ4v) is 5.42. The molecule has 1 atom stereocenters. The van der Waals surface area contributed by atoms with Crippen LogP contribution >= 0.6 is 0 Å². The molecule has 1 N–H and O–H groups in total. The molecule has 1 amide bonds. The summed E-state index contributed by atoms with van der Waals surface area (Å²) in [7, 11) is 0. The molecule has 0 saturated carbocycles. The Labute approximate surface area is 210 Å². The van der Waals surface area contributed by atoms with E-state index in [1.54, 1.807) is 6.07 Å². The summed E-state index contributed by atoms with van der Waals surface area (Å²) < 4.78 is 0. The number of carbonyl (C=O) groups excluding carboxylic acids is 1. The second kappa shape index (κ2) is 9.49. The second-order valence-electron chi connectivity index (χ2n) is 9.49. The fourth-order valence-electron chi connectivity index (χ4n) is 5.42. The van der Waals surface area contributed by atoms with Crippen molar-refractivity contribution in [2.75, 3.05) is 42.5 Å². The molecule has 0 spiro atoms. The van der Waals surface area contributed by atoms with Crippen LogP contribution in [0.3, 0.4) is 0 Å². The van der Waals surface area contributed by atoms with Crippen LogP contribution in [-0.4, -0.2) is 53.5 Å². The van der Waals surface area contributed by atoms with Gasteiger partial charge in [-0.3, -0.25) is 14.6 Å². The summed E-state index contributed by atoms with van der Waals surface area (Å²) in [6, 6.07) is 26.4. The zero-order valence-corrected chi connectivity index (χ0v) is 20.1. The number of hydrogen-bond donors (Lipinski definition) is 1. The predicted octanol–water partition coefficient (Wildman–Crippen LogP) is 4.23. The number of nitrogens with zero attached hydrogens (tertiary/aromatic N) is 4. The van der Waals surface area contributed by atoms with Crippen molar-refractivity contribution in [3.05, 3.63) is 100 Å². The number of piperazine rings is 1. The summed E-state index contributed by atoms with van der Waals surface area (Å²) in [5.41, 5.74) is 3.76. The highest BCUT2D eigenvalue weighted by atomic mass is 16.2. The summed E-state index contributed by atoms with van der Waals surface area (Å²) in [6.07, 6.45) is 2.31. The Morgan fingerprint density at radius 1 is 0.833 bits per heavy atom. The molecule has 3 heterocycles. The number of amides is 1. The number of aromatic nitrogens is 2. The van der Waals surface area contributed by atoms with Crippen LogP contribution in [0.25, 0.3) is 10.9 Å². The molecule has 4 aromatic rings. The first-order chi connectivity index (χ1) is 17.7. The van der Waals surface area contributed by atoms with Gasteiger partial charge in [-0.25, -0.2) is 4.98 Å². The van der Waals surface area contributed by atoms with Gasteiger partial charge in [0.2, 0.25) is 5.95 Å². The first-order valence-corrected chi connectivity index (χ1v) is 12.6. The molecular formula is C29H29N5O2. The lowest BCUT2D eigenvalue weighted by Gasteiger charge is -2.35. The van der Waals surface area contributed by atoms with Crippen LogP contribution in [0.2, 0.25) is 0 Å². The van der Waals surface area contributed by atoms with Crippen LogP contribution in [0.15, 0.2) is 83.7 Å². The van der Waals surface area contributed by atoms with Crippen molar-refractivity contribution < 1.29 is 4.79 Å². The van der Waals surface area contributed by atoms with Gasteiger partial charge in [0, 0.05) is 44.0 Å². The molecule has 0 unspecified atom stereocenters. The summed E-state index contributed by atoms with van der Waals surface area (Å²) in [5.74, 6) is 0.607. The van der Waals surface area contributed by atoms with Gasteiger partial charge < -0.3 is 14.7 Å². The number of rotatable bonds is 4. The van der Waals surface area contributed by atoms with Crippen LogP contribution in [0, 0.1) is 0 Å². The third-order valence-corrected chi connectivity index (χ3v) is 7.35. The highest BCUT2D eigenvalue weighted by molar-refractivity contribution is 5.94. The summed E-state index contributed by atoms with van der Waals surface area (Å²) in [4.78, 5) is 39.5. The number of aromatic amines is 1. The fraction of sp³-hybridized carbons (Fsp3) is 0.276. The Hall–Kier alpha value is -4.13. The Balaban J connectivity index is 1.12. The summed E-state index contributed by atoms with van der Waals surface area (Å²) >= 11 is 0. The minimum Gasteiger partial charge on any atom is -0.364 e. The van der Waals surface area contributed by atoms with Gasteiger partial charge in [0.15, 0.2) is 0 Å². The molecule has 1 aromatic heterocycles. The molecule has 2 aliphatic rings. The van der Waals surface area contributed by atoms with E-state index in [-0.39, 0.29) is 11.5 Å². The van der Waals surface area contributed by atoms with Crippen molar-refractivity contribution in [2.45, 2.75) is 18.9 Å². The van der Waals surface area contributed by atoms with E-state index in [9.17, 15) is 9.59 Å². The molecule has 0 bridgehead atoms. The van der Waals surface area contributed by atoms with E-state index in [1.807, 2.05) is 40.1 Å². The molecule has 0 radical (unpaired) electrons. The van der Waals surface area contributed by atoms with E-state index in [4.69, 9.17) is 0 Å². The summed E-state index contributed by atoms with van der Waals surface area (Å²) in [5, 5.41) is 0.586. The monoisotopic (exact) mass is 479 g/mol. The number of benzene rings is 3. The van der Waals surface area contributed by atoms with Gasteiger partial charge in [0.1, 0.15) is 0 Å². The van der Waals surface area contributed by atoms with E-state index in [0.29, 0.717) is 54.6 Å². The molecule has 7 nitrogen and oxygen atoms in total. The SMILES string of the molecule is O=C(c1ccc(N2CCC[C@@H]2c2ccccc2)cc1)N1CCN(c2nc3ccccc3c(=O)[nH]2)CC1. The number of fused-ring (bicyclic) bond motifs is 1. The van der Waals surface area contributed by atoms with E-state index in [2.05, 4.69) is 57.3 Å². The molecular weight excluding hydrogens is 450 g/mol. The number of nitrogens with one attached hydrogen (secondary N) is 1. The van der Waals surface area contributed by atoms with E-state index >= 15 is 0 Å². The Kier molecular flexibility index (Phi) is 5.89. The topological polar surface area (TPSA) is 72.5 Å². The highest BCUT2D eigenvalue weighted by Crippen LogP contribution is 2.36. The van der Waals surface area contributed by atoms with Crippen LogP contribution in [-0.2, 0) is 0 Å². The van der Waals surface area contributed by atoms with Crippen LogP contribution in [0.5, 0.6) is 0 Å². The van der Waals surface area contributed by atoms with Crippen LogP contribution in [0.4, 0.5) is 11.6 Å². The second-order valence-corrected chi connectivity index (χ2v) is 9.49. The maximum absolute atomic E-state index is 13.2. The van der Waals surface area contributed by atoms with Gasteiger partial charge in [-0.2, -0.15) is 0 Å². The van der Waals surface area contributed by atoms with Crippen LogP contribution in [0.1, 0.15) is 34.8 Å². The number of anilines is 2. The van der Waals surface area contributed by atoms with Crippen molar-refractivity contribution in [1.29, 1.82) is 0 Å². The third kappa shape index (κ3) is 4.21. The Morgan fingerprint density at radius 2 is 1.56 bits per heavy atom. The van der Waals surface area contributed by atoms with Gasteiger partial charge in [0.25, 0.3) is 11.5 Å². The maximum Gasteiger partial charge on any atom is 0.260 e. The van der Waals surface area contributed by atoms with Gasteiger partial charge in [-0.05, 0) is 54.8 Å². The first kappa shape index (κ1) is 22.3. The predicted molar refractivity (Wildman–Crippen MR) is 143 cm³/mol. The van der Waals surface area contributed by atoms with Crippen molar-refractivity contribution in [2.24, 2.45) is 0 Å². The smallest absolute Gasteiger partial charge is 0.260 e.